The van der Waals surface area contributed by atoms with E-state index in [-0.39, 0.29) is 6.04 Å². The van der Waals surface area contributed by atoms with Gasteiger partial charge in [0.05, 0.1) is 0 Å². The Kier molecular flexibility index (Phi) is 5.79. The highest BCUT2D eigenvalue weighted by Gasteiger charge is 2.22. The number of nitrogens with zero attached hydrogens (tertiary/aromatic N) is 1. The van der Waals surface area contributed by atoms with Crippen molar-refractivity contribution in [3.63, 3.8) is 0 Å². The van der Waals surface area contributed by atoms with E-state index in [1.54, 1.807) is 6.07 Å². The average molecular weight is 332 g/mol. The molecule has 5 nitrogen and oxygen atoms in total. The lowest BCUT2D eigenvalue weighted by Crippen LogP contribution is -2.44. The lowest BCUT2D eigenvalue weighted by molar-refractivity contribution is 0.175. The van der Waals surface area contributed by atoms with Gasteiger partial charge in [-0.05, 0) is 51.4 Å². The number of thiophene rings is 1. The van der Waals surface area contributed by atoms with Gasteiger partial charge in [-0.1, -0.05) is 6.42 Å². The molecule has 1 aliphatic rings. The van der Waals surface area contributed by atoms with Gasteiger partial charge in [0.15, 0.2) is 0 Å². The van der Waals surface area contributed by atoms with Gasteiger partial charge in [-0.2, -0.15) is 0 Å². The van der Waals surface area contributed by atoms with E-state index in [2.05, 4.69) is 16.5 Å². The third-order valence-electron chi connectivity index (χ3n) is 4.03. The topological polar surface area (TPSA) is 75.4 Å². The van der Waals surface area contributed by atoms with Crippen LogP contribution in [0.1, 0.15) is 36.6 Å². The van der Waals surface area contributed by atoms with Gasteiger partial charge in [-0.25, -0.2) is 13.1 Å². The number of likely N-dealkylation sites (tertiary alicyclic amines) is 1. The average Bonchev–Trinajstić information content (AvgIpc) is 2.88. The van der Waals surface area contributed by atoms with Crippen LogP contribution in [0.2, 0.25) is 0 Å². The van der Waals surface area contributed by atoms with Crippen molar-refractivity contribution >= 4 is 21.4 Å². The van der Waals surface area contributed by atoms with Crippen LogP contribution in [-0.2, 0) is 16.6 Å². The van der Waals surface area contributed by atoms with Crippen molar-refractivity contribution in [2.24, 2.45) is 5.73 Å². The van der Waals surface area contributed by atoms with Crippen molar-refractivity contribution in [1.82, 2.24) is 9.62 Å². The predicted molar refractivity (Wildman–Crippen MR) is 87.0 cm³/mol. The second-order valence-electron chi connectivity index (χ2n) is 5.67. The van der Waals surface area contributed by atoms with E-state index in [0.717, 1.165) is 23.5 Å². The molecule has 1 aromatic rings. The van der Waals surface area contributed by atoms with Gasteiger partial charge < -0.3 is 5.73 Å². The van der Waals surface area contributed by atoms with E-state index < -0.39 is 10.0 Å². The lowest BCUT2D eigenvalue weighted by atomic mass is 10.1. The Balaban J connectivity index is 1.96. The standard InChI is InChI=1S/C14H25N3O2S2/c1-11-8-14(20-13(11)9-15)21(18,19)16-10-12(2)17-6-4-3-5-7-17/h8,12,16H,3-7,9-10,15H2,1-2H3. The molecule has 2 rings (SSSR count). The van der Waals surface area contributed by atoms with Gasteiger partial charge in [-0.3, -0.25) is 4.90 Å². The monoisotopic (exact) mass is 331 g/mol. The minimum absolute atomic E-state index is 0.232. The molecule has 0 radical (unpaired) electrons. The maximum atomic E-state index is 12.3. The second-order valence-corrected chi connectivity index (χ2v) is 8.80. The van der Waals surface area contributed by atoms with Crippen LogP contribution in [0, 0.1) is 6.92 Å². The summed E-state index contributed by atoms with van der Waals surface area (Å²) >= 11 is 1.26. The molecule has 1 atom stereocenters. The number of sulfonamides is 1. The molecular weight excluding hydrogens is 306 g/mol. The summed E-state index contributed by atoms with van der Waals surface area (Å²) in [4.78, 5) is 3.29. The van der Waals surface area contributed by atoms with Gasteiger partial charge in [0, 0.05) is 24.0 Å². The highest BCUT2D eigenvalue weighted by Crippen LogP contribution is 2.25. The fourth-order valence-corrected chi connectivity index (χ4v) is 5.25. The molecule has 3 N–H and O–H groups in total. The van der Waals surface area contributed by atoms with Gasteiger partial charge >= 0.3 is 0 Å². The van der Waals surface area contributed by atoms with Gasteiger partial charge in [0.1, 0.15) is 4.21 Å². The molecule has 2 heterocycles. The van der Waals surface area contributed by atoms with Crippen molar-refractivity contribution in [3.8, 4) is 0 Å². The third kappa shape index (κ3) is 4.26. The number of hydrogen-bond donors (Lipinski definition) is 2. The molecule has 0 amide bonds. The van der Waals surface area contributed by atoms with Crippen LogP contribution < -0.4 is 10.5 Å². The zero-order valence-electron chi connectivity index (χ0n) is 12.8. The molecule has 7 heteroatoms. The van der Waals surface area contributed by atoms with Crippen LogP contribution in [-0.4, -0.2) is 39.0 Å². The molecule has 1 saturated heterocycles. The normalized spacial score (nSPS) is 18.8. The quantitative estimate of drug-likeness (QED) is 0.831. The number of hydrogen-bond acceptors (Lipinski definition) is 5. The first-order chi connectivity index (χ1) is 9.94. The molecule has 120 valence electrons. The first-order valence-corrected chi connectivity index (χ1v) is 9.77. The zero-order valence-corrected chi connectivity index (χ0v) is 14.4. The van der Waals surface area contributed by atoms with Crippen LogP contribution in [0.4, 0.5) is 0 Å². The number of aryl methyl sites for hydroxylation is 1. The lowest BCUT2D eigenvalue weighted by Gasteiger charge is -2.32. The van der Waals surface area contributed by atoms with E-state index >= 15 is 0 Å². The first kappa shape index (κ1) is 16.9. The molecule has 0 bridgehead atoms. The van der Waals surface area contributed by atoms with Crippen molar-refractivity contribution in [3.05, 3.63) is 16.5 Å². The summed E-state index contributed by atoms with van der Waals surface area (Å²) in [7, 11) is -3.42. The minimum atomic E-state index is -3.42. The number of piperidine rings is 1. The first-order valence-electron chi connectivity index (χ1n) is 7.47. The summed E-state index contributed by atoms with van der Waals surface area (Å²) in [6.45, 7) is 6.96. The van der Waals surface area contributed by atoms with Crippen molar-refractivity contribution in [2.75, 3.05) is 19.6 Å². The molecule has 0 aliphatic carbocycles. The van der Waals surface area contributed by atoms with E-state index in [9.17, 15) is 8.42 Å². The van der Waals surface area contributed by atoms with E-state index in [1.165, 1.54) is 30.6 Å². The number of rotatable bonds is 6. The molecular formula is C14H25N3O2S2. The summed E-state index contributed by atoms with van der Waals surface area (Å²) < 4.78 is 27.8. The van der Waals surface area contributed by atoms with Gasteiger partial charge in [0.25, 0.3) is 0 Å². The summed E-state index contributed by atoms with van der Waals surface area (Å²) in [5, 5.41) is 0. The van der Waals surface area contributed by atoms with Crippen molar-refractivity contribution < 1.29 is 8.42 Å². The van der Waals surface area contributed by atoms with Gasteiger partial charge in [0.2, 0.25) is 10.0 Å². The third-order valence-corrected chi connectivity index (χ3v) is 7.19. The van der Waals surface area contributed by atoms with Crippen LogP contribution in [0.25, 0.3) is 0 Å². The van der Waals surface area contributed by atoms with Gasteiger partial charge in [-0.15, -0.1) is 11.3 Å². The Morgan fingerprint density at radius 2 is 2.05 bits per heavy atom. The number of nitrogens with two attached hydrogens (primary N) is 1. The SMILES string of the molecule is Cc1cc(S(=O)(=O)NCC(C)N2CCCCC2)sc1CN. The smallest absolute Gasteiger partial charge is 0.250 e. The summed E-state index contributed by atoms with van der Waals surface area (Å²) in [5.41, 5.74) is 6.57. The number of nitrogens with one attached hydrogen (secondary N) is 1. The Morgan fingerprint density at radius 1 is 1.38 bits per heavy atom. The maximum absolute atomic E-state index is 12.3. The van der Waals surface area contributed by atoms with Crippen molar-refractivity contribution in [1.29, 1.82) is 0 Å². The summed E-state index contributed by atoms with van der Waals surface area (Å²) in [6, 6.07) is 1.94. The van der Waals surface area contributed by atoms with E-state index in [0.29, 0.717) is 17.3 Å². The highest BCUT2D eigenvalue weighted by molar-refractivity contribution is 7.91. The van der Waals surface area contributed by atoms with E-state index in [4.69, 9.17) is 5.73 Å². The maximum Gasteiger partial charge on any atom is 0.250 e. The molecule has 1 unspecified atom stereocenters. The minimum Gasteiger partial charge on any atom is -0.326 e. The van der Waals surface area contributed by atoms with Crippen LogP contribution in [0.5, 0.6) is 0 Å². The Hall–Kier alpha value is -0.470. The van der Waals surface area contributed by atoms with Crippen LogP contribution in [0.3, 0.4) is 0 Å². The Bertz CT molecular complexity index is 563. The fraction of sp³-hybridized carbons (Fsp3) is 0.714. The molecule has 21 heavy (non-hydrogen) atoms. The fourth-order valence-electron chi connectivity index (χ4n) is 2.61. The largest absolute Gasteiger partial charge is 0.326 e. The van der Waals surface area contributed by atoms with Crippen LogP contribution >= 0.6 is 11.3 Å². The molecule has 0 saturated carbocycles. The van der Waals surface area contributed by atoms with Crippen LogP contribution in [0.15, 0.2) is 10.3 Å². The highest BCUT2D eigenvalue weighted by atomic mass is 32.2. The molecule has 0 spiro atoms. The zero-order chi connectivity index (χ0) is 15.5. The Morgan fingerprint density at radius 3 is 2.62 bits per heavy atom. The van der Waals surface area contributed by atoms with E-state index in [1.807, 2.05) is 6.92 Å². The molecule has 1 aromatic heterocycles. The molecule has 1 fully saturated rings. The summed E-state index contributed by atoms with van der Waals surface area (Å²) in [6.07, 6.45) is 3.70. The molecule has 1 aliphatic heterocycles. The van der Waals surface area contributed by atoms with Crippen molar-refractivity contribution in [2.45, 2.75) is 49.9 Å². The predicted octanol–water partition coefficient (Wildman–Crippen LogP) is 1.67. The second kappa shape index (κ2) is 7.19. The summed E-state index contributed by atoms with van der Waals surface area (Å²) in [5.74, 6) is 0. The molecule has 0 aromatic carbocycles. The Labute approximate surface area is 131 Å².